The number of carbonyl (C=O) groups excluding carboxylic acids is 1. The van der Waals surface area contributed by atoms with Gasteiger partial charge in [0.15, 0.2) is 5.60 Å². The number of hydrogen-bond acceptors (Lipinski definition) is 5. The number of carbonyl (C=O) groups is 1. The lowest BCUT2D eigenvalue weighted by Gasteiger charge is -2.29. The lowest BCUT2D eigenvalue weighted by molar-refractivity contribution is 0.0602. The number of benzene rings is 2. The molecule has 0 radical (unpaired) electrons. The molecule has 1 aromatic heterocycles. The van der Waals surface area contributed by atoms with Crippen LogP contribution in [0.25, 0.3) is 11.0 Å². The third-order valence-corrected chi connectivity index (χ3v) is 5.07. The maximum Gasteiger partial charge on any atom is 0.204 e. The molecule has 0 unspecified atom stereocenters. The summed E-state index contributed by atoms with van der Waals surface area (Å²) < 4.78 is 5.47. The maximum absolute atomic E-state index is 12.9. The van der Waals surface area contributed by atoms with Gasteiger partial charge in [0.25, 0.3) is 0 Å². The molecule has 2 aliphatic heterocycles. The number of anilines is 1. The molecule has 5 nitrogen and oxygen atoms in total. The SMILES string of the molecule is Cc1ccc2c(c1)C(=O)[C@]1(O)CCN(c3ccc4ccoc4c3)C1=N2. The van der Waals surface area contributed by atoms with E-state index in [9.17, 15) is 9.90 Å². The largest absolute Gasteiger partial charge is 0.464 e. The number of aliphatic hydroxyl groups is 1. The second kappa shape index (κ2) is 4.80. The van der Waals surface area contributed by atoms with Crippen molar-refractivity contribution in [3.63, 3.8) is 0 Å². The highest BCUT2D eigenvalue weighted by atomic mass is 16.3. The second-order valence-electron chi connectivity index (χ2n) is 6.69. The molecule has 1 saturated heterocycles. The lowest BCUT2D eigenvalue weighted by atomic mass is 9.87. The molecular weight excluding hydrogens is 316 g/mol. The van der Waals surface area contributed by atoms with E-state index in [1.165, 1.54) is 0 Å². The quantitative estimate of drug-likeness (QED) is 0.739. The number of furan rings is 1. The summed E-state index contributed by atoms with van der Waals surface area (Å²) in [6, 6.07) is 13.3. The molecule has 1 N–H and O–H groups in total. The van der Waals surface area contributed by atoms with E-state index in [1.54, 1.807) is 12.3 Å². The van der Waals surface area contributed by atoms with E-state index in [-0.39, 0.29) is 5.78 Å². The molecule has 5 rings (SSSR count). The van der Waals surface area contributed by atoms with E-state index in [0.29, 0.717) is 30.1 Å². The predicted molar refractivity (Wildman–Crippen MR) is 95.7 cm³/mol. The fourth-order valence-corrected chi connectivity index (χ4v) is 3.71. The summed E-state index contributed by atoms with van der Waals surface area (Å²) in [5, 5.41) is 12.1. The molecule has 1 atom stereocenters. The summed E-state index contributed by atoms with van der Waals surface area (Å²) in [6.45, 7) is 2.45. The normalized spacial score (nSPS) is 22.1. The first-order valence-electron chi connectivity index (χ1n) is 8.28. The molecule has 0 aliphatic carbocycles. The second-order valence-corrected chi connectivity index (χ2v) is 6.69. The highest BCUT2D eigenvalue weighted by Gasteiger charge is 2.52. The van der Waals surface area contributed by atoms with Crippen LogP contribution in [0.1, 0.15) is 22.3 Å². The number of fused-ring (bicyclic) bond motifs is 3. The van der Waals surface area contributed by atoms with Crippen LogP contribution in [0.15, 0.2) is 58.1 Å². The molecule has 2 aliphatic rings. The number of Topliss-reactive ketones (excluding diaryl/α,β-unsaturated/α-hetero) is 1. The van der Waals surface area contributed by atoms with Gasteiger partial charge in [0.05, 0.1) is 12.0 Å². The van der Waals surface area contributed by atoms with Gasteiger partial charge in [-0.25, -0.2) is 4.99 Å². The molecule has 3 heterocycles. The minimum absolute atomic E-state index is 0.266. The summed E-state index contributed by atoms with van der Waals surface area (Å²) in [4.78, 5) is 19.5. The Morgan fingerprint density at radius 3 is 2.96 bits per heavy atom. The minimum atomic E-state index is -1.56. The Kier molecular flexibility index (Phi) is 2.77. The molecule has 25 heavy (non-hydrogen) atoms. The van der Waals surface area contributed by atoms with Crippen molar-refractivity contribution < 1.29 is 14.3 Å². The van der Waals surface area contributed by atoms with Crippen LogP contribution in [0, 0.1) is 6.92 Å². The Morgan fingerprint density at radius 2 is 2.08 bits per heavy atom. The van der Waals surface area contributed by atoms with Crippen molar-refractivity contribution in [3.05, 3.63) is 59.9 Å². The van der Waals surface area contributed by atoms with E-state index in [4.69, 9.17) is 4.42 Å². The molecule has 0 saturated carbocycles. The summed E-state index contributed by atoms with van der Waals surface area (Å²) in [6.07, 6.45) is 1.98. The zero-order valence-electron chi connectivity index (χ0n) is 13.7. The van der Waals surface area contributed by atoms with Gasteiger partial charge >= 0.3 is 0 Å². The Balaban J connectivity index is 1.67. The number of nitrogens with zero attached hydrogens (tertiary/aromatic N) is 2. The molecule has 1 fully saturated rings. The zero-order valence-corrected chi connectivity index (χ0v) is 13.7. The van der Waals surface area contributed by atoms with Crippen molar-refractivity contribution in [2.45, 2.75) is 18.9 Å². The van der Waals surface area contributed by atoms with E-state index in [1.807, 2.05) is 48.2 Å². The van der Waals surface area contributed by atoms with Gasteiger partial charge in [-0.15, -0.1) is 0 Å². The molecular formula is C20H16N2O3. The number of ketones is 1. The van der Waals surface area contributed by atoms with Crippen LogP contribution in [-0.4, -0.2) is 28.9 Å². The van der Waals surface area contributed by atoms with Crippen molar-refractivity contribution in [1.29, 1.82) is 0 Å². The van der Waals surface area contributed by atoms with Crippen LogP contribution in [-0.2, 0) is 0 Å². The Labute approximate surface area is 144 Å². The average Bonchev–Trinajstić information content (AvgIpc) is 3.20. The molecule has 5 heteroatoms. The van der Waals surface area contributed by atoms with Gasteiger partial charge in [0, 0.05) is 35.7 Å². The van der Waals surface area contributed by atoms with Gasteiger partial charge in [-0.05, 0) is 37.3 Å². The Hall–Kier alpha value is -2.92. The zero-order chi connectivity index (χ0) is 17.2. The Morgan fingerprint density at radius 1 is 1.20 bits per heavy atom. The van der Waals surface area contributed by atoms with Gasteiger partial charge in [-0.3, -0.25) is 4.79 Å². The van der Waals surface area contributed by atoms with E-state index in [0.717, 1.165) is 22.2 Å². The maximum atomic E-state index is 12.9. The summed E-state index contributed by atoms with van der Waals surface area (Å²) >= 11 is 0. The number of amidine groups is 1. The topological polar surface area (TPSA) is 66.0 Å². The van der Waals surface area contributed by atoms with E-state index >= 15 is 0 Å². The first-order valence-corrected chi connectivity index (χ1v) is 8.28. The fourth-order valence-electron chi connectivity index (χ4n) is 3.71. The highest BCUT2D eigenvalue weighted by molar-refractivity contribution is 6.28. The van der Waals surface area contributed by atoms with Crippen LogP contribution in [0.5, 0.6) is 0 Å². The predicted octanol–water partition coefficient (Wildman–Crippen LogP) is 3.61. The number of aliphatic imine (C=N–C) groups is 1. The molecule has 124 valence electrons. The van der Waals surface area contributed by atoms with E-state index in [2.05, 4.69) is 4.99 Å². The van der Waals surface area contributed by atoms with Gasteiger partial charge in [0.1, 0.15) is 11.4 Å². The van der Waals surface area contributed by atoms with Crippen LogP contribution in [0.2, 0.25) is 0 Å². The molecule has 0 bridgehead atoms. The van der Waals surface area contributed by atoms with Crippen molar-refractivity contribution in [1.82, 2.24) is 0 Å². The minimum Gasteiger partial charge on any atom is -0.464 e. The van der Waals surface area contributed by atoms with Gasteiger partial charge < -0.3 is 14.4 Å². The third-order valence-electron chi connectivity index (χ3n) is 5.07. The smallest absolute Gasteiger partial charge is 0.204 e. The molecule has 0 spiro atoms. The van der Waals surface area contributed by atoms with Gasteiger partial charge in [-0.2, -0.15) is 0 Å². The van der Waals surface area contributed by atoms with Crippen LogP contribution in [0.3, 0.4) is 0 Å². The standard InChI is InChI=1S/C20H16N2O3/c1-12-2-5-16-15(10-12)18(23)20(24)7-8-22(19(20)21-16)14-4-3-13-6-9-25-17(13)11-14/h2-6,9-11,24H,7-8H2,1H3/t20-/m1/s1. The van der Waals surface area contributed by atoms with Gasteiger partial charge in [-0.1, -0.05) is 11.6 Å². The first kappa shape index (κ1) is 14.4. The third kappa shape index (κ3) is 1.93. The summed E-state index contributed by atoms with van der Waals surface area (Å²) in [5.41, 5.74) is 2.16. The van der Waals surface area contributed by atoms with Crippen molar-refractivity contribution in [3.8, 4) is 0 Å². The lowest BCUT2D eigenvalue weighted by Crippen LogP contribution is -2.48. The van der Waals surface area contributed by atoms with Crippen LogP contribution in [0.4, 0.5) is 11.4 Å². The van der Waals surface area contributed by atoms with Crippen molar-refractivity contribution in [2.24, 2.45) is 4.99 Å². The first-order chi connectivity index (χ1) is 12.1. The van der Waals surface area contributed by atoms with E-state index < -0.39 is 5.60 Å². The van der Waals surface area contributed by atoms with Crippen LogP contribution < -0.4 is 4.90 Å². The monoisotopic (exact) mass is 332 g/mol. The molecule has 2 aromatic carbocycles. The molecule has 3 aromatic rings. The number of aryl methyl sites for hydroxylation is 1. The average molecular weight is 332 g/mol. The fraction of sp³-hybridized carbons (Fsp3) is 0.200. The summed E-state index contributed by atoms with van der Waals surface area (Å²) in [5.74, 6) is 0.137. The number of rotatable bonds is 1. The van der Waals surface area contributed by atoms with Crippen molar-refractivity contribution in [2.75, 3.05) is 11.4 Å². The number of hydrogen-bond donors (Lipinski definition) is 1. The molecule has 0 amide bonds. The highest BCUT2D eigenvalue weighted by Crippen LogP contribution is 2.40. The van der Waals surface area contributed by atoms with Crippen LogP contribution >= 0.6 is 0 Å². The van der Waals surface area contributed by atoms with Crippen molar-refractivity contribution >= 4 is 34.0 Å². The Bertz CT molecular complexity index is 1070. The van der Waals surface area contributed by atoms with Gasteiger partial charge in [0.2, 0.25) is 5.78 Å². The summed E-state index contributed by atoms with van der Waals surface area (Å²) in [7, 11) is 0.